The average molecular weight is 883 g/mol. The number of rotatable bonds is 45. The van der Waals surface area contributed by atoms with Crippen LogP contribution in [-0.2, 0) is 28.6 Å². The smallest absolute Gasteiger partial charge is 0.362 e. The normalized spacial score (nSPS) is 13.5. The third-order valence-electron chi connectivity index (χ3n) is 11.1. The van der Waals surface area contributed by atoms with Gasteiger partial charge in [-0.3, -0.25) is 9.59 Å². The Morgan fingerprint density at radius 1 is 0.492 bits per heavy atom. The van der Waals surface area contributed by atoms with Gasteiger partial charge in [-0.25, -0.2) is 4.79 Å². The Bertz CT molecular complexity index is 1260. The summed E-state index contributed by atoms with van der Waals surface area (Å²) >= 11 is 0. The second-order valence-corrected chi connectivity index (χ2v) is 18.1. The van der Waals surface area contributed by atoms with E-state index in [0.717, 1.165) is 96.3 Å². The van der Waals surface area contributed by atoms with E-state index < -0.39 is 18.1 Å². The van der Waals surface area contributed by atoms with Crippen molar-refractivity contribution in [2.45, 2.75) is 219 Å². The van der Waals surface area contributed by atoms with Gasteiger partial charge < -0.3 is 23.8 Å². The van der Waals surface area contributed by atoms with E-state index in [1.807, 2.05) is 21.1 Å². The lowest BCUT2D eigenvalue weighted by Crippen LogP contribution is -2.50. The predicted octanol–water partition coefficient (Wildman–Crippen LogP) is 14.7. The fourth-order valence-corrected chi connectivity index (χ4v) is 7.12. The Hall–Kier alpha value is -3.23. The van der Waals surface area contributed by atoms with Gasteiger partial charge in [0.25, 0.3) is 0 Å². The van der Waals surface area contributed by atoms with Crippen molar-refractivity contribution in [2.24, 2.45) is 0 Å². The third kappa shape index (κ3) is 43.8. The first-order chi connectivity index (χ1) is 30.6. The lowest BCUT2D eigenvalue weighted by atomic mass is 10.1. The van der Waals surface area contributed by atoms with Crippen molar-refractivity contribution in [1.82, 2.24) is 0 Å². The molecule has 2 atom stereocenters. The molecule has 0 radical (unpaired) electrons. The highest BCUT2D eigenvalue weighted by Crippen LogP contribution is 2.14. The van der Waals surface area contributed by atoms with Crippen molar-refractivity contribution in [3.63, 3.8) is 0 Å². The quantitative estimate of drug-likeness (QED) is 0.0214. The van der Waals surface area contributed by atoms with E-state index in [9.17, 15) is 19.5 Å². The molecule has 8 nitrogen and oxygen atoms in total. The van der Waals surface area contributed by atoms with Crippen molar-refractivity contribution in [3.8, 4) is 0 Å². The van der Waals surface area contributed by atoms with Gasteiger partial charge in [-0.15, -0.1) is 0 Å². The van der Waals surface area contributed by atoms with E-state index in [2.05, 4.69) is 86.8 Å². The summed E-state index contributed by atoms with van der Waals surface area (Å²) in [5.41, 5.74) is 0. The molecule has 0 aliphatic carbocycles. The molecule has 1 N–H and O–H groups in total. The molecule has 0 spiro atoms. The second kappa shape index (κ2) is 45.3. The first-order valence-corrected chi connectivity index (χ1v) is 25.5. The number of hydrogen-bond donors (Lipinski definition) is 1. The highest BCUT2D eigenvalue weighted by molar-refractivity contribution is 5.72. The van der Waals surface area contributed by atoms with Gasteiger partial charge >= 0.3 is 17.9 Å². The standard InChI is InChI=1S/C55H95NO7/c1-6-8-10-12-14-16-18-20-22-24-26-27-28-30-31-33-35-37-39-41-43-45-53(57)62-50-51(49-61-48-47-52(55(59)60)56(3,4)5)63-54(58)46-44-42-40-38-36-34-32-29-25-23-21-19-17-15-13-11-9-7-2/h14,16,20,22-23,25-27,29-32,51-52H,6-13,15,17-19,21,24,28,33-50H2,1-5H3/p+1/b16-14+,22-20+,25-23+,27-26+,31-30+,32-29+. The van der Waals surface area contributed by atoms with E-state index in [4.69, 9.17) is 14.2 Å². The Labute approximate surface area is 387 Å². The minimum atomic E-state index is -0.882. The van der Waals surface area contributed by atoms with Crippen LogP contribution in [-0.4, -0.2) is 80.6 Å². The van der Waals surface area contributed by atoms with E-state index in [1.54, 1.807) is 0 Å². The third-order valence-corrected chi connectivity index (χ3v) is 11.1. The number of aliphatic carboxylic acids is 1. The van der Waals surface area contributed by atoms with Gasteiger partial charge in [0.2, 0.25) is 0 Å². The average Bonchev–Trinajstić information content (AvgIpc) is 3.24. The summed E-state index contributed by atoms with van der Waals surface area (Å²) in [5, 5.41) is 9.65. The Kier molecular flexibility index (Phi) is 43.0. The lowest BCUT2D eigenvalue weighted by Gasteiger charge is -2.31. The molecule has 362 valence electrons. The summed E-state index contributed by atoms with van der Waals surface area (Å²) < 4.78 is 17.3. The number of allylic oxidation sites excluding steroid dienone is 12. The molecular formula is C55H96NO7+. The molecule has 0 aliphatic rings. The zero-order valence-corrected chi connectivity index (χ0v) is 41.3. The van der Waals surface area contributed by atoms with Gasteiger partial charge in [-0.2, -0.15) is 0 Å². The van der Waals surface area contributed by atoms with Gasteiger partial charge in [0, 0.05) is 19.3 Å². The first kappa shape index (κ1) is 59.8. The van der Waals surface area contributed by atoms with E-state index in [0.29, 0.717) is 19.3 Å². The van der Waals surface area contributed by atoms with Crippen LogP contribution < -0.4 is 0 Å². The van der Waals surface area contributed by atoms with E-state index in [1.165, 1.54) is 77.0 Å². The number of ether oxygens (including phenoxy) is 3. The molecule has 0 amide bonds. The van der Waals surface area contributed by atoms with Crippen LogP contribution in [0.1, 0.15) is 206 Å². The zero-order chi connectivity index (χ0) is 46.3. The summed E-state index contributed by atoms with van der Waals surface area (Å²) in [6.45, 7) is 4.67. The van der Waals surface area contributed by atoms with Crippen molar-refractivity contribution in [1.29, 1.82) is 0 Å². The molecule has 8 heteroatoms. The molecule has 0 aromatic heterocycles. The zero-order valence-electron chi connectivity index (χ0n) is 41.3. The number of nitrogens with zero attached hydrogens (tertiary/aromatic N) is 1. The SMILES string of the molecule is CCCCC/C=C/C/C=C/C/C=C/C/C=C/CCCCCCCC(=O)OCC(COCCC(C(=O)O)[N+](C)(C)C)OC(=O)CCCCCCC/C=C/C=C/CCCCCCCCC. The number of hydrogen-bond acceptors (Lipinski definition) is 6. The highest BCUT2D eigenvalue weighted by Gasteiger charge is 2.31. The van der Waals surface area contributed by atoms with E-state index >= 15 is 0 Å². The van der Waals surface area contributed by atoms with Crippen LogP contribution in [0.25, 0.3) is 0 Å². The molecule has 0 bridgehead atoms. The number of carboxylic acid groups (broad SMARTS) is 1. The summed E-state index contributed by atoms with van der Waals surface area (Å²) in [5.74, 6) is -1.51. The number of carbonyl (C=O) groups excluding carboxylic acids is 2. The molecule has 0 saturated carbocycles. The van der Waals surface area contributed by atoms with Crippen molar-refractivity contribution >= 4 is 17.9 Å². The molecule has 0 heterocycles. The summed E-state index contributed by atoms with van der Waals surface area (Å²) in [7, 11) is 5.52. The lowest BCUT2D eigenvalue weighted by molar-refractivity contribution is -0.887. The van der Waals surface area contributed by atoms with Crippen LogP contribution >= 0.6 is 0 Å². The molecule has 0 aliphatic heterocycles. The Morgan fingerprint density at radius 3 is 1.37 bits per heavy atom. The molecule has 0 aromatic carbocycles. The molecule has 0 aromatic rings. The Balaban J connectivity index is 4.34. The first-order valence-electron chi connectivity index (χ1n) is 25.5. The molecule has 0 saturated heterocycles. The number of quaternary nitrogens is 1. The maximum absolute atomic E-state index is 12.8. The van der Waals surface area contributed by atoms with Gasteiger partial charge in [0.05, 0.1) is 34.4 Å². The number of esters is 2. The van der Waals surface area contributed by atoms with Gasteiger partial charge in [-0.05, 0) is 83.5 Å². The van der Waals surface area contributed by atoms with Crippen LogP contribution in [0.5, 0.6) is 0 Å². The Morgan fingerprint density at radius 2 is 0.889 bits per heavy atom. The van der Waals surface area contributed by atoms with Crippen LogP contribution in [0, 0.1) is 0 Å². The van der Waals surface area contributed by atoms with Crippen molar-refractivity contribution in [3.05, 3.63) is 72.9 Å². The summed E-state index contributed by atoms with van der Waals surface area (Å²) in [6, 6.07) is -0.624. The maximum atomic E-state index is 12.8. The van der Waals surface area contributed by atoms with Gasteiger partial charge in [-0.1, -0.05) is 177 Å². The fourth-order valence-electron chi connectivity index (χ4n) is 7.12. The monoisotopic (exact) mass is 883 g/mol. The predicted molar refractivity (Wildman–Crippen MR) is 266 cm³/mol. The minimum Gasteiger partial charge on any atom is -0.477 e. The molecule has 63 heavy (non-hydrogen) atoms. The van der Waals surface area contributed by atoms with E-state index in [-0.39, 0.29) is 36.2 Å². The number of unbranched alkanes of at least 4 members (excludes halogenated alkanes) is 20. The van der Waals surface area contributed by atoms with Crippen LogP contribution in [0.4, 0.5) is 0 Å². The summed E-state index contributed by atoms with van der Waals surface area (Å²) in [4.78, 5) is 37.1. The maximum Gasteiger partial charge on any atom is 0.362 e. The van der Waals surface area contributed by atoms with Crippen LogP contribution in [0.2, 0.25) is 0 Å². The van der Waals surface area contributed by atoms with Gasteiger partial charge in [0.1, 0.15) is 6.61 Å². The van der Waals surface area contributed by atoms with Crippen molar-refractivity contribution < 1.29 is 38.2 Å². The molecule has 0 fully saturated rings. The minimum absolute atomic E-state index is 0.0454. The molecule has 0 rings (SSSR count). The van der Waals surface area contributed by atoms with Crippen LogP contribution in [0.3, 0.4) is 0 Å². The number of carbonyl (C=O) groups is 3. The van der Waals surface area contributed by atoms with Crippen LogP contribution in [0.15, 0.2) is 72.9 Å². The molecule has 2 unspecified atom stereocenters. The second-order valence-electron chi connectivity index (χ2n) is 18.1. The fraction of sp³-hybridized carbons (Fsp3) is 0.727. The topological polar surface area (TPSA) is 99.1 Å². The summed E-state index contributed by atoms with van der Waals surface area (Å²) in [6.07, 6.45) is 58.0. The number of likely N-dealkylation sites (N-methyl/N-ethyl adjacent to an activating group) is 1. The highest BCUT2D eigenvalue weighted by atomic mass is 16.6. The largest absolute Gasteiger partial charge is 0.477 e. The van der Waals surface area contributed by atoms with Gasteiger partial charge in [0.15, 0.2) is 12.1 Å². The molecular weight excluding hydrogens is 787 g/mol. The number of carboxylic acids is 1. The van der Waals surface area contributed by atoms with Crippen molar-refractivity contribution in [2.75, 3.05) is 41.0 Å².